The van der Waals surface area contributed by atoms with Crippen LogP contribution in [0.1, 0.15) is 21.5 Å². The Morgan fingerprint density at radius 2 is 1.78 bits per heavy atom. The van der Waals surface area contributed by atoms with Gasteiger partial charge in [0.25, 0.3) is 0 Å². The van der Waals surface area contributed by atoms with E-state index in [4.69, 9.17) is 4.74 Å². The van der Waals surface area contributed by atoms with Crippen molar-refractivity contribution in [3.05, 3.63) is 28.8 Å². The summed E-state index contributed by atoms with van der Waals surface area (Å²) >= 11 is 0. The second-order valence-electron chi connectivity index (χ2n) is 4.31. The zero-order valence-electron chi connectivity index (χ0n) is 9.52. The highest BCUT2D eigenvalue weighted by Crippen LogP contribution is 2.44. The minimum Gasteiger partial charge on any atom is -0.507 e. The summed E-state index contributed by atoms with van der Waals surface area (Å²) in [5.41, 5.74) is 1.01. The number of carbonyl (C=O) groups is 1. The summed E-state index contributed by atoms with van der Waals surface area (Å²) in [5, 5.41) is 30.3. The number of ether oxygens (including phenoxy) is 1. The highest BCUT2D eigenvalue weighted by molar-refractivity contribution is 6.12. The lowest BCUT2D eigenvalue weighted by atomic mass is 9.92. The molecule has 5 heteroatoms. The summed E-state index contributed by atoms with van der Waals surface area (Å²) in [6, 6.07) is 2.61. The molecule has 0 atom stereocenters. The number of benzene rings is 2. The van der Waals surface area contributed by atoms with Crippen LogP contribution in [0, 0.1) is 6.92 Å². The molecule has 3 rings (SSSR count). The first kappa shape index (κ1) is 10.7. The van der Waals surface area contributed by atoms with E-state index in [1.165, 1.54) is 12.1 Å². The van der Waals surface area contributed by atoms with Gasteiger partial charge in [-0.15, -0.1) is 0 Å². The summed E-state index contributed by atoms with van der Waals surface area (Å²) in [5.74, 6) is -1.15. The predicted molar refractivity (Wildman–Crippen MR) is 62.8 cm³/mol. The van der Waals surface area contributed by atoms with Gasteiger partial charge in [-0.2, -0.15) is 0 Å². The Labute approximate surface area is 102 Å². The van der Waals surface area contributed by atoms with Crippen LogP contribution in [0.15, 0.2) is 12.1 Å². The van der Waals surface area contributed by atoms with Gasteiger partial charge < -0.3 is 20.1 Å². The molecule has 0 spiro atoms. The fourth-order valence-electron chi connectivity index (χ4n) is 2.41. The monoisotopic (exact) mass is 246 g/mol. The van der Waals surface area contributed by atoms with Crippen molar-refractivity contribution in [2.45, 2.75) is 13.5 Å². The Balaban J connectivity index is 2.63. The molecule has 3 N–H and O–H groups in total. The van der Waals surface area contributed by atoms with Gasteiger partial charge >= 0.3 is 5.97 Å². The average molecular weight is 246 g/mol. The van der Waals surface area contributed by atoms with Crippen LogP contribution in [0.4, 0.5) is 0 Å². The topological polar surface area (TPSA) is 87.0 Å². The van der Waals surface area contributed by atoms with Gasteiger partial charge in [-0.05, 0) is 18.6 Å². The van der Waals surface area contributed by atoms with Gasteiger partial charge in [0, 0.05) is 22.4 Å². The molecule has 0 fully saturated rings. The third-order valence-electron chi connectivity index (χ3n) is 3.20. The molecule has 0 amide bonds. The first-order valence-corrected chi connectivity index (χ1v) is 5.38. The quantitative estimate of drug-likeness (QED) is 0.618. The molecule has 0 aromatic heterocycles. The Morgan fingerprint density at radius 1 is 1.06 bits per heavy atom. The Bertz CT molecular complexity index is 694. The van der Waals surface area contributed by atoms with Crippen LogP contribution in [0.25, 0.3) is 10.8 Å². The number of hydrogen-bond donors (Lipinski definition) is 3. The van der Waals surface area contributed by atoms with Crippen molar-refractivity contribution >= 4 is 16.7 Å². The number of hydrogen-bond acceptors (Lipinski definition) is 5. The van der Waals surface area contributed by atoms with Crippen LogP contribution in [0.2, 0.25) is 0 Å². The van der Waals surface area contributed by atoms with E-state index in [0.29, 0.717) is 21.9 Å². The lowest BCUT2D eigenvalue weighted by Gasteiger charge is -2.20. The normalized spacial score (nSPS) is 13.7. The van der Waals surface area contributed by atoms with Crippen LogP contribution in [-0.2, 0) is 11.3 Å². The molecule has 0 radical (unpaired) electrons. The van der Waals surface area contributed by atoms with Gasteiger partial charge in [0.2, 0.25) is 0 Å². The summed E-state index contributed by atoms with van der Waals surface area (Å²) < 4.78 is 4.90. The van der Waals surface area contributed by atoms with E-state index in [0.717, 1.165) is 0 Å². The van der Waals surface area contributed by atoms with Crippen molar-refractivity contribution in [1.82, 2.24) is 0 Å². The van der Waals surface area contributed by atoms with Gasteiger partial charge in [0.05, 0.1) is 0 Å². The zero-order valence-corrected chi connectivity index (χ0v) is 9.52. The molecular formula is C13H10O5. The Hall–Kier alpha value is -2.43. The first-order chi connectivity index (χ1) is 8.50. The number of aryl methyl sites for hydroxylation is 1. The van der Waals surface area contributed by atoms with Crippen molar-refractivity contribution < 1.29 is 24.9 Å². The number of aromatic hydroxyl groups is 3. The number of cyclic esters (lactones) is 1. The lowest BCUT2D eigenvalue weighted by Crippen LogP contribution is -2.13. The van der Waals surface area contributed by atoms with Crippen molar-refractivity contribution in [2.75, 3.05) is 0 Å². The average Bonchev–Trinajstić information content (AvgIpc) is 2.27. The third kappa shape index (κ3) is 1.18. The van der Waals surface area contributed by atoms with E-state index in [1.807, 2.05) is 0 Å². The molecule has 5 nitrogen and oxygen atoms in total. The number of phenols is 3. The van der Waals surface area contributed by atoms with Crippen molar-refractivity contribution in [3.8, 4) is 17.2 Å². The Morgan fingerprint density at radius 3 is 2.50 bits per heavy atom. The van der Waals surface area contributed by atoms with Crippen molar-refractivity contribution in [1.29, 1.82) is 0 Å². The van der Waals surface area contributed by atoms with E-state index < -0.39 is 5.97 Å². The molecule has 0 aliphatic carbocycles. The van der Waals surface area contributed by atoms with Crippen molar-refractivity contribution in [2.24, 2.45) is 0 Å². The summed E-state index contributed by atoms with van der Waals surface area (Å²) in [6.45, 7) is 1.64. The van der Waals surface area contributed by atoms with Gasteiger partial charge in [-0.3, -0.25) is 0 Å². The minimum atomic E-state index is -0.657. The van der Waals surface area contributed by atoms with Gasteiger partial charge in [-0.1, -0.05) is 0 Å². The highest BCUT2D eigenvalue weighted by atomic mass is 16.5. The molecule has 0 bridgehead atoms. The summed E-state index contributed by atoms with van der Waals surface area (Å²) in [7, 11) is 0. The Kier molecular flexibility index (Phi) is 1.96. The van der Waals surface area contributed by atoms with Crippen LogP contribution >= 0.6 is 0 Å². The molecule has 1 heterocycles. The second-order valence-corrected chi connectivity index (χ2v) is 4.31. The molecular weight excluding hydrogens is 236 g/mol. The van der Waals surface area contributed by atoms with Gasteiger partial charge in [-0.25, -0.2) is 4.79 Å². The molecule has 0 unspecified atom stereocenters. The summed E-state index contributed by atoms with van der Waals surface area (Å²) in [6.07, 6.45) is 0. The standard InChI is InChI=1S/C13H10O5/c1-5-2-8(15)12-11-6(4-18-13(12)17)7(14)3-9(16)10(5)11/h2-3,14-16H,4H2,1H3. The molecule has 1 aliphatic rings. The zero-order chi connectivity index (χ0) is 13.0. The second kappa shape index (κ2) is 3.29. The molecule has 2 aromatic carbocycles. The van der Waals surface area contributed by atoms with Crippen LogP contribution in [0.3, 0.4) is 0 Å². The molecule has 0 saturated heterocycles. The van der Waals surface area contributed by atoms with E-state index in [1.54, 1.807) is 6.92 Å². The van der Waals surface area contributed by atoms with Crippen LogP contribution in [-0.4, -0.2) is 21.3 Å². The largest absolute Gasteiger partial charge is 0.507 e. The minimum absolute atomic E-state index is 0.0111. The predicted octanol–water partition coefficient (Wildman–Crippen LogP) is 1.94. The van der Waals surface area contributed by atoms with Crippen LogP contribution in [0.5, 0.6) is 17.2 Å². The first-order valence-electron chi connectivity index (χ1n) is 5.38. The maximum absolute atomic E-state index is 11.7. The third-order valence-corrected chi connectivity index (χ3v) is 3.20. The van der Waals surface area contributed by atoms with Gasteiger partial charge in [0.1, 0.15) is 29.4 Å². The maximum Gasteiger partial charge on any atom is 0.342 e. The highest BCUT2D eigenvalue weighted by Gasteiger charge is 2.28. The number of carbonyl (C=O) groups excluding carboxylic acids is 1. The maximum atomic E-state index is 11.7. The van der Waals surface area contributed by atoms with E-state index in [-0.39, 0.29) is 29.4 Å². The number of esters is 1. The molecule has 92 valence electrons. The van der Waals surface area contributed by atoms with E-state index >= 15 is 0 Å². The smallest absolute Gasteiger partial charge is 0.342 e. The molecule has 18 heavy (non-hydrogen) atoms. The molecule has 1 aliphatic heterocycles. The fraction of sp³-hybridized carbons (Fsp3) is 0.154. The van der Waals surface area contributed by atoms with E-state index in [2.05, 4.69) is 0 Å². The lowest BCUT2D eigenvalue weighted by molar-refractivity contribution is 0.0457. The number of phenolic OH excluding ortho intramolecular Hbond substituents is 3. The molecule has 0 saturated carbocycles. The van der Waals surface area contributed by atoms with Gasteiger partial charge in [0.15, 0.2) is 0 Å². The number of rotatable bonds is 0. The SMILES string of the molecule is Cc1cc(O)c2c3c(c(O)cc(O)c13)COC2=O. The fourth-order valence-corrected chi connectivity index (χ4v) is 2.41. The molecule has 2 aromatic rings. The van der Waals surface area contributed by atoms with Crippen LogP contribution < -0.4 is 0 Å². The summed E-state index contributed by atoms with van der Waals surface area (Å²) in [4.78, 5) is 11.7. The van der Waals surface area contributed by atoms with E-state index in [9.17, 15) is 20.1 Å². The van der Waals surface area contributed by atoms with Crippen molar-refractivity contribution in [3.63, 3.8) is 0 Å².